The van der Waals surface area contributed by atoms with Gasteiger partial charge in [0, 0.05) is 13.1 Å². The van der Waals surface area contributed by atoms with Gasteiger partial charge in [-0.3, -0.25) is 0 Å². The van der Waals surface area contributed by atoms with Gasteiger partial charge in [0.25, 0.3) is 10.2 Å². The van der Waals surface area contributed by atoms with Crippen molar-refractivity contribution in [3.63, 3.8) is 0 Å². The quantitative estimate of drug-likeness (QED) is 0.450. The Labute approximate surface area is 92.1 Å². The van der Waals surface area contributed by atoms with Gasteiger partial charge in [0.05, 0.1) is 13.2 Å². The summed E-state index contributed by atoms with van der Waals surface area (Å²) in [6, 6.07) is 0. The number of hydrogen-bond donors (Lipinski definition) is 2. The number of ether oxygens (including phenoxy) is 1. The first-order valence-electron chi connectivity index (χ1n) is 4.94. The van der Waals surface area contributed by atoms with Gasteiger partial charge in [-0.2, -0.15) is 13.1 Å². The lowest BCUT2D eigenvalue weighted by Crippen LogP contribution is -2.38. The minimum absolute atomic E-state index is 0.270. The van der Waals surface area contributed by atoms with E-state index in [1.807, 2.05) is 13.8 Å². The Kier molecular flexibility index (Phi) is 7.59. The molecule has 0 aliphatic heterocycles. The molecule has 0 spiro atoms. The Hall–Kier alpha value is -0.430. The van der Waals surface area contributed by atoms with E-state index < -0.39 is 10.2 Å². The van der Waals surface area contributed by atoms with Crippen LogP contribution in [0.4, 0.5) is 0 Å². The highest BCUT2D eigenvalue weighted by molar-refractivity contribution is 7.87. The van der Waals surface area contributed by atoms with Gasteiger partial charge in [0.15, 0.2) is 0 Å². The van der Waals surface area contributed by atoms with Crippen molar-refractivity contribution in [3.8, 4) is 0 Å². The van der Waals surface area contributed by atoms with Crippen LogP contribution in [0.25, 0.3) is 0 Å². The smallest absolute Gasteiger partial charge is 0.276 e. The first kappa shape index (κ1) is 14.6. The Morgan fingerprint density at radius 3 is 2.47 bits per heavy atom. The van der Waals surface area contributed by atoms with Crippen LogP contribution >= 0.6 is 0 Å². The van der Waals surface area contributed by atoms with E-state index in [0.717, 1.165) is 12.0 Å². The zero-order chi connectivity index (χ0) is 11.7. The second kappa shape index (κ2) is 7.81. The van der Waals surface area contributed by atoms with Gasteiger partial charge in [0.2, 0.25) is 0 Å². The summed E-state index contributed by atoms with van der Waals surface area (Å²) in [4.78, 5) is 0. The highest BCUT2D eigenvalue weighted by Crippen LogP contribution is 1.87. The molecule has 0 heterocycles. The molecule has 6 heteroatoms. The van der Waals surface area contributed by atoms with E-state index in [0.29, 0.717) is 19.8 Å². The van der Waals surface area contributed by atoms with Gasteiger partial charge in [-0.15, -0.1) is 0 Å². The van der Waals surface area contributed by atoms with Crippen molar-refractivity contribution >= 4 is 10.2 Å². The molecule has 0 radical (unpaired) electrons. The lowest BCUT2D eigenvalue weighted by atomic mass is 10.4. The molecule has 0 unspecified atom stereocenters. The highest BCUT2D eigenvalue weighted by Gasteiger charge is 2.06. The standard InChI is InChI=1S/C9H20N2O3S/c1-4-5-10-15(12,13)11-6-7-14-8-9(2)3/h10-11H,2,4-8H2,1,3H3. The molecule has 5 nitrogen and oxygen atoms in total. The summed E-state index contributed by atoms with van der Waals surface area (Å²) in [5, 5.41) is 0. The summed E-state index contributed by atoms with van der Waals surface area (Å²) in [6.07, 6.45) is 0.771. The maximum atomic E-state index is 11.2. The predicted octanol–water partition coefficient (Wildman–Crippen LogP) is 0.413. The van der Waals surface area contributed by atoms with Crippen molar-refractivity contribution in [3.05, 3.63) is 12.2 Å². The third-order valence-electron chi connectivity index (χ3n) is 1.43. The van der Waals surface area contributed by atoms with Crippen LogP contribution in [0, 0.1) is 0 Å². The first-order chi connectivity index (χ1) is 6.98. The molecule has 15 heavy (non-hydrogen) atoms. The molecule has 0 aliphatic carbocycles. The largest absolute Gasteiger partial charge is 0.376 e. The zero-order valence-corrected chi connectivity index (χ0v) is 10.2. The van der Waals surface area contributed by atoms with E-state index in [1.165, 1.54) is 0 Å². The summed E-state index contributed by atoms with van der Waals surface area (Å²) in [7, 11) is -3.35. The molecule has 0 rings (SSSR count). The Balaban J connectivity index is 3.53. The monoisotopic (exact) mass is 236 g/mol. The van der Waals surface area contributed by atoms with Gasteiger partial charge in [-0.25, -0.2) is 4.72 Å². The van der Waals surface area contributed by atoms with Gasteiger partial charge >= 0.3 is 0 Å². The summed E-state index contributed by atoms with van der Waals surface area (Å²) in [5.41, 5.74) is 0.918. The molecule has 0 saturated carbocycles. The maximum Gasteiger partial charge on any atom is 0.276 e. The van der Waals surface area contributed by atoms with Crippen LogP contribution in [0.15, 0.2) is 12.2 Å². The van der Waals surface area contributed by atoms with E-state index >= 15 is 0 Å². The summed E-state index contributed by atoms with van der Waals surface area (Å²) in [6.45, 7) is 8.95. The summed E-state index contributed by atoms with van der Waals surface area (Å²) in [5.74, 6) is 0. The molecule has 0 aromatic carbocycles. The molecule has 0 fully saturated rings. The topological polar surface area (TPSA) is 67.4 Å². The molecule has 0 aliphatic rings. The fourth-order valence-electron chi connectivity index (χ4n) is 0.782. The van der Waals surface area contributed by atoms with Crippen molar-refractivity contribution in [1.82, 2.24) is 9.44 Å². The minimum atomic E-state index is -3.35. The van der Waals surface area contributed by atoms with E-state index in [2.05, 4.69) is 16.0 Å². The van der Waals surface area contributed by atoms with Crippen molar-refractivity contribution in [2.45, 2.75) is 20.3 Å². The van der Waals surface area contributed by atoms with Crippen LogP contribution in [0.2, 0.25) is 0 Å². The lowest BCUT2D eigenvalue weighted by Gasteiger charge is -2.07. The van der Waals surface area contributed by atoms with Crippen LogP contribution < -0.4 is 9.44 Å². The Morgan fingerprint density at radius 2 is 1.93 bits per heavy atom. The van der Waals surface area contributed by atoms with E-state index in [9.17, 15) is 8.42 Å². The van der Waals surface area contributed by atoms with Gasteiger partial charge in [-0.05, 0) is 13.3 Å². The van der Waals surface area contributed by atoms with Crippen LogP contribution in [0.1, 0.15) is 20.3 Å². The SMILES string of the molecule is C=C(C)COCCNS(=O)(=O)NCCC. The van der Waals surface area contributed by atoms with E-state index in [-0.39, 0.29) is 6.54 Å². The number of hydrogen-bond acceptors (Lipinski definition) is 3. The van der Waals surface area contributed by atoms with Crippen LogP contribution in [-0.2, 0) is 14.9 Å². The Bertz CT molecular complexity index is 275. The molecular formula is C9H20N2O3S. The molecular weight excluding hydrogens is 216 g/mol. The van der Waals surface area contributed by atoms with E-state index in [1.54, 1.807) is 0 Å². The highest BCUT2D eigenvalue weighted by atomic mass is 32.2. The van der Waals surface area contributed by atoms with E-state index in [4.69, 9.17) is 4.74 Å². The van der Waals surface area contributed by atoms with Crippen LogP contribution in [0.3, 0.4) is 0 Å². The van der Waals surface area contributed by atoms with Crippen LogP contribution in [0.5, 0.6) is 0 Å². The summed E-state index contributed by atoms with van der Waals surface area (Å²) < 4.78 is 32.3. The molecule has 90 valence electrons. The van der Waals surface area contributed by atoms with Crippen molar-refractivity contribution in [2.24, 2.45) is 0 Å². The molecule has 0 bridgehead atoms. The second-order valence-corrected chi connectivity index (χ2v) is 4.89. The number of nitrogens with one attached hydrogen (secondary N) is 2. The van der Waals surface area contributed by atoms with Crippen molar-refractivity contribution in [1.29, 1.82) is 0 Å². The Morgan fingerprint density at radius 1 is 1.33 bits per heavy atom. The average molecular weight is 236 g/mol. The third-order valence-corrected chi connectivity index (χ3v) is 2.60. The minimum Gasteiger partial charge on any atom is -0.376 e. The molecule has 0 amide bonds. The second-order valence-electron chi connectivity index (χ2n) is 3.30. The molecule has 0 saturated heterocycles. The fourth-order valence-corrected chi connectivity index (χ4v) is 1.71. The normalized spacial score (nSPS) is 11.6. The maximum absolute atomic E-state index is 11.2. The van der Waals surface area contributed by atoms with Crippen molar-refractivity contribution < 1.29 is 13.2 Å². The van der Waals surface area contributed by atoms with Crippen molar-refractivity contribution in [2.75, 3.05) is 26.3 Å². The van der Waals surface area contributed by atoms with Crippen LogP contribution in [-0.4, -0.2) is 34.7 Å². The van der Waals surface area contributed by atoms with Gasteiger partial charge in [-0.1, -0.05) is 19.1 Å². The summed E-state index contributed by atoms with van der Waals surface area (Å²) >= 11 is 0. The fraction of sp³-hybridized carbons (Fsp3) is 0.778. The predicted molar refractivity (Wildman–Crippen MR) is 60.8 cm³/mol. The lowest BCUT2D eigenvalue weighted by molar-refractivity contribution is 0.162. The number of rotatable bonds is 9. The molecule has 2 N–H and O–H groups in total. The van der Waals surface area contributed by atoms with Gasteiger partial charge < -0.3 is 4.74 Å². The third kappa shape index (κ3) is 9.86. The molecule has 0 aromatic heterocycles. The molecule has 0 atom stereocenters. The average Bonchev–Trinajstić information content (AvgIpc) is 2.14. The molecule has 0 aromatic rings. The van der Waals surface area contributed by atoms with Gasteiger partial charge in [0.1, 0.15) is 0 Å². The first-order valence-corrected chi connectivity index (χ1v) is 6.42. The zero-order valence-electron chi connectivity index (χ0n) is 9.38.